The van der Waals surface area contributed by atoms with Crippen molar-refractivity contribution in [2.45, 2.75) is 19.8 Å². The highest BCUT2D eigenvalue weighted by Gasteiger charge is 2.13. The normalized spacial score (nSPS) is 10.9. The minimum absolute atomic E-state index is 0.195. The fourth-order valence-corrected chi connectivity index (χ4v) is 2.71. The summed E-state index contributed by atoms with van der Waals surface area (Å²) >= 11 is 1.42. The Labute approximate surface area is 130 Å². The van der Waals surface area contributed by atoms with Crippen molar-refractivity contribution in [3.05, 3.63) is 40.9 Å². The van der Waals surface area contributed by atoms with Crippen LogP contribution < -0.4 is 5.32 Å². The van der Waals surface area contributed by atoms with Crippen LogP contribution >= 0.6 is 11.3 Å². The van der Waals surface area contributed by atoms with Gasteiger partial charge < -0.3 is 0 Å². The summed E-state index contributed by atoms with van der Waals surface area (Å²) in [6.45, 7) is 4.30. The number of nitrogens with one attached hydrogen (secondary N) is 2. The average molecular weight is 314 g/mol. The number of benzene rings is 1. The lowest BCUT2D eigenvalue weighted by Crippen LogP contribution is -2.13. The number of aromatic nitrogens is 5. The lowest BCUT2D eigenvalue weighted by Gasteiger charge is -2.05. The second kappa shape index (κ2) is 6.02. The van der Waals surface area contributed by atoms with Crippen molar-refractivity contribution in [2.75, 3.05) is 5.32 Å². The molecule has 2 aromatic heterocycles. The Morgan fingerprint density at radius 2 is 2.05 bits per heavy atom. The molecule has 0 unspecified atom stereocenters. The van der Waals surface area contributed by atoms with E-state index in [1.807, 2.05) is 12.1 Å². The Morgan fingerprint density at radius 1 is 1.27 bits per heavy atom. The van der Waals surface area contributed by atoms with Crippen molar-refractivity contribution in [2.24, 2.45) is 0 Å². The van der Waals surface area contributed by atoms with Crippen molar-refractivity contribution in [3.8, 4) is 10.6 Å². The number of hydrogen-bond acceptors (Lipinski definition) is 6. The Hall–Kier alpha value is -2.61. The molecule has 0 aliphatic heterocycles. The molecule has 2 N–H and O–H groups in total. The van der Waals surface area contributed by atoms with Gasteiger partial charge in [0.15, 0.2) is 0 Å². The van der Waals surface area contributed by atoms with E-state index in [1.165, 1.54) is 16.9 Å². The maximum absolute atomic E-state index is 12.0. The Kier molecular flexibility index (Phi) is 3.92. The highest BCUT2D eigenvalue weighted by Crippen LogP contribution is 2.25. The number of carbonyl (C=O) groups excluding carboxylic acids is 1. The number of anilines is 1. The summed E-state index contributed by atoms with van der Waals surface area (Å²) in [6, 6.07) is 8.22. The van der Waals surface area contributed by atoms with Crippen molar-refractivity contribution in [1.82, 2.24) is 25.6 Å². The van der Waals surface area contributed by atoms with E-state index < -0.39 is 0 Å². The quantitative estimate of drug-likeness (QED) is 0.771. The molecule has 0 fully saturated rings. The van der Waals surface area contributed by atoms with E-state index in [-0.39, 0.29) is 11.9 Å². The molecule has 22 heavy (non-hydrogen) atoms. The van der Waals surface area contributed by atoms with Gasteiger partial charge in [0.05, 0.1) is 0 Å². The van der Waals surface area contributed by atoms with Crippen molar-refractivity contribution >= 4 is 23.2 Å². The van der Waals surface area contributed by atoms with Crippen LogP contribution in [0.1, 0.15) is 35.8 Å². The standard InChI is InChI=1S/C14H14N6OS/c1-8(2)9-3-5-10(6-4-9)13-15-11(7-22-13)12(21)16-14-17-19-20-18-14/h3-8H,1-2H3,(H2,16,17,18,19,20,21). The maximum atomic E-state index is 12.0. The number of carbonyl (C=O) groups is 1. The van der Waals surface area contributed by atoms with Gasteiger partial charge >= 0.3 is 0 Å². The zero-order valence-corrected chi connectivity index (χ0v) is 12.9. The minimum atomic E-state index is -0.347. The van der Waals surface area contributed by atoms with Crippen LogP contribution in [0.15, 0.2) is 29.6 Å². The van der Waals surface area contributed by atoms with E-state index in [4.69, 9.17) is 0 Å². The minimum Gasteiger partial charge on any atom is -0.288 e. The molecule has 112 valence electrons. The number of amides is 1. The molecule has 0 radical (unpaired) electrons. The van der Waals surface area contributed by atoms with Crippen LogP contribution in [0.2, 0.25) is 0 Å². The zero-order chi connectivity index (χ0) is 15.5. The number of aromatic amines is 1. The van der Waals surface area contributed by atoms with E-state index in [9.17, 15) is 4.79 Å². The van der Waals surface area contributed by atoms with Gasteiger partial charge in [0.1, 0.15) is 10.7 Å². The predicted octanol–water partition coefficient (Wildman–Crippen LogP) is 2.70. The fraction of sp³-hybridized carbons (Fsp3) is 0.214. The number of hydrogen-bond donors (Lipinski definition) is 2. The van der Waals surface area contributed by atoms with Gasteiger partial charge in [0, 0.05) is 10.9 Å². The molecule has 0 atom stereocenters. The second-order valence-electron chi connectivity index (χ2n) is 5.02. The highest BCUT2D eigenvalue weighted by atomic mass is 32.1. The molecule has 0 spiro atoms. The van der Waals surface area contributed by atoms with Crippen molar-refractivity contribution < 1.29 is 4.79 Å². The zero-order valence-electron chi connectivity index (χ0n) is 12.1. The number of thiazole rings is 1. The molecule has 0 saturated carbocycles. The first-order valence-electron chi connectivity index (χ1n) is 6.74. The summed E-state index contributed by atoms with van der Waals surface area (Å²) in [4.78, 5) is 16.4. The smallest absolute Gasteiger partial charge is 0.277 e. The lowest BCUT2D eigenvalue weighted by atomic mass is 10.0. The molecule has 3 rings (SSSR count). The third-order valence-corrected chi connectivity index (χ3v) is 4.03. The van der Waals surface area contributed by atoms with Gasteiger partial charge in [-0.25, -0.2) is 10.1 Å². The molecule has 0 aliphatic carbocycles. The van der Waals surface area contributed by atoms with Crippen LogP contribution in [0.5, 0.6) is 0 Å². The highest BCUT2D eigenvalue weighted by molar-refractivity contribution is 7.13. The van der Waals surface area contributed by atoms with Crippen molar-refractivity contribution in [1.29, 1.82) is 0 Å². The fourth-order valence-electron chi connectivity index (χ4n) is 1.90. The third kappa shape index (κ3) is 3.01. The monoisotopic (exact) mass is 314 g/mol. The van der Waals surface area contributed by atoms with Crippen LogP contribution in [0.25, 0.3) is 10.6 Å². The van der Waals surface area contributed by atoms with Gasteiger partial charge in [0.25, 0.3) is 5.91 Å². The first-order chi connectivity index (χ1) is 10.6. The summed E-state index contributed by atoms with van der Waals surface area (Å²) in [5, 5.41) is 17.9. The molecule has 0 bridgehead atoms. The third-order valence-electron chi connectivity index (χ3n) is 3.14. The van der Waals surface area contributed by atoms with Crippen molar-refractivity contribution in [3.63, 3.8) is 0 Å². The summed E-state index contributed by atoms with van der Waals surface area (Å²) in [7, 11) is 0. The number of H-pyrrole nitrogens is 1. The first-order valence-corrected chi connectivity index (χ1v) is 7.62. The number of nitrogens with zero attached hydrogens (tertiary/aromatic N) is 4. The summed E-state index contributed by atoms with van der Waals surface area (Å²) in [6.07, 6.45) is 0. The second-order valence-corrected chi connectivity index (χ2v) is 5.88. The number of rotatable bonds is 4. The van der Waals surface area contributed by atoms with E-state index >= 15 is 0 Å². The van der Waals surface area contributed by atoms with Gasteiger partial charge in [-0.15, -0.1) is 11.3 Å². The van der Waals surface area contributed by atoms with Gasteiger partial charge in [-0.05, 0) is 21.9 Å². The van der Waals surface area contributed by atoms with E-state index in [2.05, 4.69) is 56.9 Å². The Bertz CT molecular complexity index is 763. The van der Waals surface area contributed by atoms with Gasteiger partial charge in [-0.2, -0.15) is 0 Å². The van der Waals surface area contributed by atoms with Gasteiger partial charge in [-0.3, -0.25) is 10.1 Å². The molecular weight excluding hydrogens is 300 g/mol. The Morgan fingerprint density at radius 3 is 2.68 bits per heavy atom. The van der Waals surface area contributed by atoms with Crippen LogP contribution in [0.3, 0.4) is 0 Å². The van der Waals surface area contributed by atoms with Gasteiger partial charge in [-0.1, -0.05) is 43.2 Å². The van der Waals surface area contributed by atoms with Gasteiger partial charge in [0.2, 0.25) is 5.95 Å². The predicted molar refractivity (Wildman–Crippen MR) is 83.8 cm³/mol. The SMILES string of the molecule is CC(C)c1ccc(-c2nc(C(=O)Nc3nnn[nH]3)cs2)cc1. The van der Waals surface area contributed by atoms with E-state index in [0.29, 0.717) is 11.6 Å². The maximum Gasteiger partial charge on any atom is 0.277 e. The largest absolute Gasteiger partial charge is 0.288 e. The molecule has 1 amide bonds. The first kappa shape index (κ1) is 14.3. The molecule has 0 saturated heterocycles. The van der Waals surface area contributed by atoms with Crippen LogP contribution in [0, 0.1) is 0 Å². The molecule has 3 aromatic rings. The molecule has 8 heteroatoms. The number of tetrazole rings is 1. The topological polar surface area (TPSA) is 96.5 Å². The Balaban J connectivity index is 1.76. The summed E-state index contributed by atoms with van der Waals surface area (Å²) in [5.74, 6) is 0.336. The van der Waals surface area contributed by atoms with Crippen LogP contribution in [-0.2, 0) is 0 Å². The molecule has 0 aliphatic rings. The molecular formula is C14H14N6OS. The molecule has 1 aromatic carbocycles. The van der Waals surface area contributed by atoms with Crippen LogP contribution in [-0.4, -0.2) is 31.5 Å². The summed E-state index contributed by atoms with van der Waals surface area (Å²) in [5.41, 5.74) is 2.61. The van der Waals surface area contributed by atoms with E-state index in [1.54, 1.807) is 5.38 Å². The molecule has 7 nitrogen and oxygen atoms in total. The summed E-state index contributed by atoms with van der Waals surface area (Å²) < 4.78 is 0. The van der Waals surface area contributed by atoms with Crippen LogP contribution in [0.4, 0.5) is 5.95 Å². The average Bonchev–Trinajstić information content (AvgIpc) is 3.18. The lowest BCUT2D eigenvalue weighted by molar-refractivity contribution is 0.102. The van der Waals surface area contributed by atoms with E-state index in [0.717, 1.165) is 10.6 Å². The molecule has 2 heterocycles.